The average Bonchev–Trinajstić information content (AvgIpc) is 0.985. The molecule has 0 rings (SSSR count). The summed E-state index contributed by atoms with van der Waals surface area (Å²) in [5, 5.41) is 10.6. The number of carbonyl (C=O) groups is 4. The first-order valence-electron chi connectivity index (χ1n) is 39.1. The molecular formula is C81H140O17P2. The number of ether oxygens (including phenoxy) is 4. The third-order valence-electron chi connectivity index (χ3n) is 16.2. The van der Waals surface area contributed by atoms with Gasteiger partial charge < -0.3 is 33.8 Å². The van der Waals surface area contributed by atoms with Gasteiger partial charge in [0.25, 0.3) is 0 Å². The first-order valence-corrected chi connectivity index (χ1v) is 42.1. The van der Waals surface area contributed by atoms with Crippen LogP contribution in [0.3, 0.4) is 0 Å². The molecule has 0 aromatic heterocycles. The fourth-order valence-corrected chi connectivity index (χ4v) is 11.8. The summed E-state index contributed by atoms with van der Waals surface area (Å²) in [6.45, 7) is 4.57. The van der Waals surface area contributed by atoms with Crippen molar-refractivity contribution in [3.63, 3.8) is 0 Å². The highest BCUT2D eigenvalue weighted by Crippen LogP contribution is 2.45. The fourth-order valence-electron chi connectivity index (χ4n) is 10.3. The van der Waals surface area contributed by atoms with Crippen LogP contribution < -0.4 is 0 Å². The van der Waals surface area contributed by atoms with E-state index in [2.05, 4.69) is 137 Å². The van der Waals surface area contributed by atoms with E-state index in [4.69, 9.17) is 37.0 Å². The third-order valence-corrected chi connectivity index (χ3v) is 18.1. The molecule has 576 valence electrons. The maximum Gasteiger partial charge on any atom is 0.472 e. The van der Waals surface area contributed by atoms with Gasteiger partial charge in [0.2, 0.25) is 0 Å². The Morgan fingerprint density at radius 1 is 0.290 bits per heavy atom. The quantitative estimate of drug-likeness (QED) is 0.0169. The Morgan fingerprint density at radius 2 is 0.530 bits per heavy atom. The second-order valence-electron chi connectivity index (χ2n) is 25.9. The summed E-state index contributed by atoms with van der Waals surface area (Å²) in [4.78, 5) is 72.9. The molecule has 0 bridgehead atoms. The normalized spacial score (nSPS) is 14.5. The summed E-state index contributed by atoms with van der Waals surface area (Å²) in [6.07, 6.45) is 77.9. The van der Waals surface area contributed by atoms with Crippen LogP contribution in [0.4, 0.5) is 0 Å². The summed E-state index contributed by atoms with van der Waals surface area (Å²) in [5.41, 5.74) is 0. The summed E-state index contributed by atoms with van der Waals surface area (Å²) >= 11 is 0. The van der Waals surface area contributed by atoms with Crippen molar-refractivity contribution in [3.05, 3.63) is 109 Å². The first-order chi connectivity index (χ1) is 48.7. The number of rotatable bonds is 73. The van der Waals surface area contributed by atoms with Gasteiger partial charge in [-0.1, -0.05) is 265 Å². The Hall–Kier alpha value is -4.28. The second kappa shape index (κ2) is 73.0. The van der Waals surface area contributed by atoms with E-state index in [1.54, 1.807) is 0 Å². The van der Waals surface area contributed by atoms with Crippen LogP contribution in [0.25, 0.3) is 0 Å². The van der Waals surface area contributed by atoms with Gasteiger partial charge in [-0.25, -0.2) is 9.13 Å². The molecule has 0 aromatic carbocycles. The van der Waals surface area contributed by atoms with Gasteiger partial charge in [0.15, 0.2) is 12.2 Å². The Balaban J connectivity index is 5.34. The van der Waals surface area contributed by atoms with Gasteiger partial charge in [-0.05, 0) is 141 Å². The molecule has 0 aliphatic heterocycles. The maximum absolute atomic E-state index is 13.1. The number of hydrogen-bond donors (Lipinski definition) is 3. The highest BCUT2D eigenvalue weighted by atomic mass is 31.2. The Labute approximate surface area is 607 Å². The average molecular weight is 1450 g/mol. The number of allylic oxidation sites excluding steroid dienone is 18. The second-order valence-corrected chi connectivity index (χ2v) is 28.8. The van der Waals surface area contributed by atoms with Crippen molar-refractivity contribution in [1.82, 2.24) is 0 Å². The highest BCUT2D eigenvalue weighted by Gasteiger charge is 2.30. The SMILES string of the molecule is CC/C=C\C/C=C\C/C=C\C/C=C\CCCCCCCCC(=O)OCC(COP(=O)(O)OCC(O)COP(=O)(O)OCC(COC(=O)CCCCCCC/C=C\CCCCCCCC)OC(=O)CCCCCCC/C=C\CCCC)OC(=O)CCCCCCC/C=C\C/C=C\C/C=C\CC. The van der Waals surface area contributed by atoms with Gasteiger partial charge in [0.1, 0.15) is 19.3 Å². The number of carbonyl (C=O) groups excluding carboxylic acids is 4. The molecule has 17 nitrogen and oxygen atoms in total. The summed E-state index contributed by atoms with van der Waals surface area (Å²) in [7, 11) is -9.96. The number of phosphoric acid groups is 2. The predicted molar refractivity (Wildman–Crippen MR) is 408 cm³/mol. The zero-order valence-corrected chi connectivity index (χ0v) is 64.6. The van der Waals surface area contributed by atoms with Crippen molar-refractivity contribution in [3.8, 4) is 0 Å². The highest BCUT2D eigenvalue weighted by molar-refractivity contribution is 7.47. The Kier molecular flexibility index (Phi) is 69.9. The molecule has 5 atom stereocenters. The summed E-state index contributed by atoms with van der Waals surface area (Å²) in [5.74, 6) is -2.22. The minimum atomic E-state index is -4.98. The molecule has 100 heavy (non-hydrogen) atoms. The van der Waals surface area contributed by atoms with E-state index in [0.29, 0.717) is 25.7 Å². The number of aliphatic hydroxyl groups is 1. The van der Waals surface area contributed by atoms with Crippen molar-refractivity contribution in [2.75, 3.05) is 39.6 Å². The number of hydrogen-bond acceptors (Lipinski definition) is 15. The lowest BCUT2D eigenvalue weighted by molar-refractivity contribution is -0.161. The smallest absolute Gasteiger partial charge is 0.462 e. The third kappa shape index (κ3) is 72.1. The fraction of sp³-hybridized carbons (Fsp3) is 0.728. The van der Waals surface area contributed by atoms with Crippen LogP contribution in [-0.4, -0.2) is 96.7 Å². The standard InChI is InChI=1S/C81H140O17P2/c1-5-9-13-17-21-25-29-32-35-36-37-38-41-43-47-50-54-58-62-66-79(84)92-72-77(98-81(86)68-64-60-56-52-48-44-40-34-31-27-23-19-15-11-7-3)74-96-100(89,90)94-70-75(82)69-93-99(87,88)95-73-76(97-80(85)67-63-59-55-51-45-28-24-20-16-12-8-4)71-91-78(83)65-61-57-53-49-46-42-39-33-30-26-22-18-14-10-6-2/h9,11,13,15,20-21,23-25,27,32-35,37-40,75-77,82H,5-8,10,12,14,16-19,22,26,28-31,36,41-74H2,1-4H3,(H,87,88)(H,89,90)/b13-9-,15-11-,24-20-,25-21-,27-23-,35-32-,38-37-,39-33-,40-34-. The lowest BCUT2D eigenvalue weighted by atomic mass is 10.1. The lowest BCUT2D eigenvalue weighted by Gasteiger charge is -2.21. The molecule has 0 fully saturated rings. The van der Waals surface area contributed by atoms with Crippen LogP contribution in [0.15, 0.2) is 109 Å². The molecule has 0 spiro atoms. The molecule has 0 saturated heterocycles. The van der Waals surface area contributed by atoms with Crippen LogP contribution >= 0.6 is 15.6 Å². The predicted octanol–water partition coefficient (Wildman–Crippen LogP) is 22.6. The minimum Gasteiger partial charge on any atom is -0.462 e. The number of unbranched alkanes of at least 4 members (excludes halogenated alkanes) is 29. The Morgan fingerprint density at radius 3 is 0.840 bits per heavy atom. The van der Waals surface area contributed by atoms with Gasteiger partial charge in [-0.2, -0.15) is 0 Å². The lowest BCUT2D eigenvalue weighted by Crippen LogP contribution is -2.30. The van der Waals surface area contributed by atoms with E-state index in [-0.39, 0.29) is 25.7 Å². The molecule has 0 aliphatic carbocycles. The van der Waals surface area contributed by atoms with Crippen molar-refractivity contribution in [2.45, 2.75) is 341 Å². The summed E-state index contributed by atoms with van der Waals surface area (Å²) < 4.78 is 68.5. The van der Waals surface area contributed by atoms with E-state index in [9.17, 15) is 43.2 Å². The molecule has 0 aromatic rings. The van der Waals surface area contributed by atoms with Gasteiger partial charge in [-0.3, -0.25) is 37.3 Å². The molecule has 0 heterocycles. The zero-order chi connectivity index (χ0) is 73.2. The van der Waals surface area contributed by atoms with Gasteiger partial charge >= 0.3 is 39.5 Å². The Bertz CT molecular complexity index is 2320. The van der Waals surface area contributed by atoms with Crippen molar-refractivity contribution in [1.29, 1.82) is 0 Å². The van der Waals surface area contributed by atoms with E-state index in [0.717, 1.165) is 193 Å². The molecule has 0 aliphatic rings. The largest absolute Gasteiger partial charge is 0.472 e. The summed E-state index contributed by atoms with van der Waals surface area (Å²) in [6, 6.07) is 0. The monoisotopic (exact) mass is 1450 g/mol. The molecule has 0 saturated carbocycles. The van der Waals surface area contributed by atoms with E-state index < -0.39 is 97.5 Å². The van der Waals surface area contributed by atoms with Crippen LogP contribution in [0, 0.1) is 0 Å². The topological polar surface area (TPSA) is 237 Å². The van der Waals surface area contributed by atoms with E-state index in [1.165, 1.54) is 51.4 Å². The maximum atomic E-state index is 13.1. The molecule has 3 N–H and O–H groups in total. The van der Waals surface area contributed by atoms with E-state index >= 15 is 0 Å². The number of aliphatic hydroxyl groups excluding tert-OH is 1. The van der Waals surface area contributed by atoms with Crippen molar-refractivity contribution in [2.24, 2.45) is 0 Å². The minimum absolute atomic E-state index is 0.0705. The molecule has 5 unspecified atom stereocenters. The van der Waals surface area contributed by atoms with Crippen molar-refractivity contribution >= 4 is 39.5 Å². The van der Waals surface area contributed by atoms with Crippen LogP contribution in [0.1, 0.15) is 323 Å². The van der Waals surface area contributed by atoms with Gasteiger partial charge in [-0.15, -0.1) is 0 Å². The molecular weight excluding hydrogens is 1310 g/mol. The molecule has 0 radical (unpaired) electrons. The molecule has 19 heteroatoms. The zero-order valence-electron chi connectivity index (χ0n) is 62.8. The van der Waals surface area contributed by atoms with E-state index in [1.807, 2.05) is 0 Å². The number of esters is 4. The van der Waals surface area contributed by atoms with Crippen LogP contribution in [0.2, 0.25) is 0 Å². The van der Waals surface area contributed by atoms with Crippen LogP contribution in [-0.2, 0) is 65.4 Å². The van der Waals surface area contributed by atoms with Gasteiger partial charge in [0.05, 0.1) is 26.4 Å². The van der Waals surface area contributed by atoms with Crippen molar-refractivity contribution < 1.29 is 80.2 Å². The number of phosphoric ester groups is 2. The first kappa shape index (κ1) is 95.7. The van der Waals surface area contributed by atoms with Crippen LogP contribution in [0.5, 0.6) is 0 Å². The molecule has 0 amide bonds. The van der Waals surface area contributed by atoms with Gasteiger partial charge in [0, 0.05) is 25.7 Å².